The maximum Gasteiger partial charge on any atom is 0.256 e. The number of thiazole rings is 1. The number of hydrogen-bond acceptors (Lipinski definition) is 4. The molecule has 0 radical (unpaired) electrons. The van der Waals surface area contributed by atoms with Crippen molar-refractivity contribution in [2.45, 2.75) is 52.0 Å². The summed E-state index contributed by atoms with van der Waals surface area (Å²) >= 11 is 1.57. The van der Waals surface area contributed by atoms with Crippen LogP contribution in [-0.4, -0.2) is 34.3 Å². The fraction of sp³-hybridized carbons (Fsp3) is 0.450. The van der Waals surface area contributed by atoms with Crippen LogP contribution in [-0.2, 0) is 11.2 Å². The molecule has 2 heterocycles. The molecule has 26 heavy (non-hydrogen) atoms. The van der Waals surface area contributed by atoms with E-state index < -0.39 is 0 Å². The third-order valence-corrected chi connectivity index (χ3v) is 5.91. The number of anilines is 1. The summed E-state index contributed by atoms with van der Waals surface area (Å²) in [5.74, 6) is -0.0730. The molecule has 1 aromatic heterocycles. The number of amides is 2. The van der Waals surface area contributed by atoms with Gasteiger partial charge in [0.25, 0.3) is 5.91 Å². The lowest BCUT2D eigenvalue weighted by Gasteiger charge is -2.33. The first-order chi connectivity index (χ1) is 12.6. The van der Waals surface area contributed by atoms with Crippen molar-refractivity contribution in [2.24, 2.45) is 0 Å². The summed E-state index contributed by atoms with van der Waals surface area (Å²) in [6, 6.07) is 7.54. The summed E-state index contributed by atoms with van der Waals surface area (Å²) in [5, 5.41) is 2.93. The lowest BCUT2D eigenvalue weighted by Crippen LogP contribution is -2.42. The molecule has 0 saturated carbocycles. The fourth-order valence-electron chi connectivity index (χ4n) is 3.34. The highest BCUT2D eigenvalue weighted by molar-refractivity contribution is 7.09. The topological polar surface area (TPSA) is 62.3 Å². The standard InChI is InChI=1S/C20H25N3O2S/c1-14-7-5-6-12-23(14)20(25)16-8-3-4-9-17(16)22-19(24)11-10-18-15(2)21-13-26-18/h3-4,8-9,13-14H,5-7,10-12H2,1-2H3,(H,22,24). The van der Waals surface area contributed by atoms with Crippen LogP contribution in [0.5, 0.6) is 0 Å². The number of nitrogens with zero attached hydrogens (tertiary/aromatic N) is 2. The zero-order valence-electron chi connectivity index (χ0n) is 15.3. The van der Waals surface area contributed by atoms with E-state index >= 15 is 0 Å². The summed E-state index contributed by atoms with van der Waals surface area (Å²) in [5.41, 5.74) is 3.96. The summed E-state index contributed by atoms with van der Waals surface area (Å²) in [7, 11) is 0. The number of rotatable bonds is 5. The third-order valence-electron chi connectivity index (χ3n) is 4.92. The quantitative estimate of drug-likeness (QED) is 0.863. The van der Waals surface area contributed by atoms with Gasteiger partial charge in [0.15, 0.2) is 0 Å². The first-order valence-corrected chi connectivity index (χ1v) is 10.0. The van der Waals surface area contributed by atoms with Crippen molar-refractivity contribution in [3.63, 3.8) is 0 Å². The fourth-order valence-corrected chi connectivity index (χ4v) is 4.12. The van der Waals surface area contributed by atoms with E-state index in [-0.39, 0.29) is 17.9 Å². The predicted octanol–water partition coefficient (Wildman–Crippen LogP) is 4.04. The van der Waals surface area contributed by atoms with Crippen molar-refractivity contribution < 1.29 is 9.59 Å². The molecule has 1 aliphatic rings. The highest BCUT2D eigenvalue weighted by Gasteiger charge is 2.26. The Morgan fingerprint density at radius 1 is 1.31 bits per heavy atom. The van der Waals surface area contributed by atoms with Crippen LogP contribution in [0.15, 0.2) is 29.8 Å². The summed E-state index contributed by atoms with van der Waals surface area (Å²) in [6.45, 7) is 4.83. The molecule has 1 atom stereocenters. The maximum absolute atomic E-state index is 13.0. The zero-order valence-corrected chi connectivity index (χ0v) is 16.1. The Hall–Kier alpha value is -2.21. The van der Waals surface area contributed by atoms with Crippen LogP contribution < -0.4 is 5.32 Å². The van der Waals surface area contributed by atoms with Crippen LogP contribution in [0.25, 0.3) is 0 Å². The van der Waals surface area contributed by atoms with E-state index in [1.807, 2.05) is 24.0 Å². The van der Waals surface area contributed by atoms with Gasteiger partial charge < -0.3 is 10.2 Å². The highest BCUT2D eigenvalue weighted by Crippen LogP contribution is 2.23. The van der Waals surface area contributed by atoms with Gasteiger partial charge in [0, 0.05) is 23.9 Å². The van der Waals surface area contributed by atoms with Gasteiger partial charge in [0.2, 0.25) is 5.91 Å². The number of aromatic nitrogens is 1. The normalized spacial score (nSPS) is 17.2. The number of aryl methyl sites for hydroxylation is 2. The Morgan fingerprint density at radius 2 is 2.12 bits per heavy atom. The van der Waals surface area contributed by atoms with Crippen LogP contribution >= 0.6 is 11.3 Å². The number of hydrogen-bond donors (Lipinski definition) is 1. The lowest BCUT2D eigenvalue weighted by atomic mass is 10.0. The second-order valence-corrected chi connectivity index (χ2v) is 7.74. The Labute approximate surface area is 158 Å². The van der Waals surface area contributed by atoms with Crippen molar-refractivity contribution in [3.05, 3.63) is 45.9 Å². The van der Waals surface area contributed by atoms with E-state index in [1.54, 1.807) is 29.0 Å². The molecule has 0 aliphatic carbocycles. The molecule has 1 aromatic carbocycles. The van der Waals surface area contributed by atoms with Gasteiger partial charge in [-0.15, -0.1) is 11.3 Å². The van der Waals surface area contributed by atoms with Gasteiger partial charge in [-0.1, -0.05) is 12.1 Å². The number of piperidine rings is 1. The second kappa shape index (κ2) is 8.45. The molecule has 0 bridgehead atoms. The van der Waals surface area contributed by atoms with Gasteiger partial charge in [0.1, 0.15) is 0 Å². The van der Waals surface area contributed by atoms with Crippen LogP contribution in [0.2, 0.25) is 0 Å². The number of carbonyl (C=O) groups excluding carboxylic acids is 2. The Kier molecular flexibility index (Phi) is 6.04. The second-order valence-electron chi connectivity index (χ2n) is 6.80. The first-order valence-electron chi connectivity index (χ1n) is 9.15. The van der Waals surface area contributed by atoms with E-state index in [9.17, 15) is 9.59 Å². The van der Waals surface area contributed by atoms with Crippen LogP contribution in [0, 0.1) is 6.92 Å². The minimum atomic E-state index is -0.0789. The van der Waals surface area contributed by atoms with Crippen molar-refractivity contribution >= 4 is 28.8 Å². The van der Waals surface area contributed by atoms with Crippen molar-refractivity contribution in [1.82, 2.24) is 9.88 Å². The van der Waals surface area contributed by atoms with Gasteiger partial charge in [0.05, 0.1) is 22.5 Å². The van der Waals surface area contributed by atoms with Crippen molar-refractivity contribution in [1.29, 1.82) is 0 Å². The van der Waals surface area contributed by atoms with Gasteiger partial charge in [-0.3, -0.25) is 9.59 Å². The van der Waals surface area contributed by atoms with Gasteiger partial charge >= 0.3 is 0 Å². The average molecular weight is 372 g/mol. The van der Waals surface area contributed by atoms with E-state index in [2.05, 4.69) is 17.2 Å². The first kappa shape index (κ1) is 18.6. The Balaban J connectivity index is 1.67. The molecule has 0 spiro atoms. The molecule has 1 aliphatic heterocycles. The molecule has 1 fully saturated rings. The van der Waals surface area contributed by atoms with E-state index in [1.165, 1.54) is 6.42 Å². The minimum Gasteiger partial charge on any atom is -0.336 e. The minimum absolute atomic E-state index is 0.00593. The number of nitrogens with one attached hydrogen (secondary N) is 1. The molecule has 138 valence electrons. The van der Waals surface area contributed by atoms with E-state index in [0.29, 0.717) is 24.1 Å². The monoisotopic (exact) mass is 371 g/mol. The number of likely N-dealkylation sites (tertiary alicyclic amines) is 1. The van der Waals surface area contributed by atoms with Gasteiger partial charge in [-0.25, -0.2) is 4.98 Å². The third kappa shape index (κ3) is 4.30. The number of benzene rings is 1. The molecule has 6 heteroatoms. The average Bonchev–Trinajstić information content (AvgIpc) is 3.05. The molecule has 1 N–H and O–H groups in total. The predicted molar refractivity (Wildman–Crippen MR) is 105 cm³/mol. The smallest absolute Gasteiger partial charge is 0.256 e. The molecular formula is C20H25N3O2S. The number of para-hydroxylation sites is 1. The molecular weight excluding hydrogens is 346 g/mol. The van der Waals surface area contributed by atoms with Gasteiger partial charge in [-0.05, 0) is 51.7 Å². The van der Waals surface area contributed by atoms with Crippen LogP contribution in [0.3, 0.4) is 0 Å². The molecule has 1 saturated heterocycles. The summed E-state index contributed by atoms with van der Waals surface area (Å²) in [6.07, 6.45) is 4.29. The number of carbonyl (C=O) groups is 2. The van der Waals surface area contributed by atoms with E-state index in [4.69, 9.17) is 0 Å². The Morgan fingerprint density at radius 3 is 2.85 bits per heavy atom. The van der Waals surface area contributed by atoms with Crippen LogP contribution in [0.1, 0.15) is 53.5 Å². The molecule has 1 unspecified atom stereocenters. The lowest BCUT2D eigenvalue weighted by molar-refractivity contribution is -0.116. The SMILES string of the molecule is Cc1ncsc1CCC(=O)Nc1ccccc1C(=O)N1CCCCC1C. The summed E-state index contributed by atoms with van der Waals surface area (Å²) in [4.78, 5) is 32.6. The summed E-state index contributed by atoms with van der Waals surface area (Å²) < 4.78 is 0. The largest absolute Gasteiger partial charge is 0.336 e. The van der Waals surface area contributed by atoms with Gasteiger partial charge in [-0.2, -0.15) is 0 Å². The van der Waals surface area contributed by atoms with E-state index in [0.717, 1.165) is 30.0 Å². The van der Waals surface area contributed by atoms with Crippen molar-refractivity contribution in [2.75, 3.05) is 11.9 Å². The van der Waals surface area contributed by atoms with Crippen molar-refractivity contribution in [3.8, 4) is 0 Å². The molecule has 2 amide bonds. The maximum atomic E-state index is 13.0. The molecule has 3 rings (SSSR count). The Bertz CT molecular complexity index is 787. The molecule has 5 nitrogen and oxygen atoms in total. The van der Waals surface area contributed by atoms with Crippen LogP contribution in [0.4, 0.5) is 5.69 Å². The molecule has 2 aromatic rings. The highest BCUT2D eigenvalue weighted by atomic mass is 32.1. The zero-order chi connectivity index (χ0) is 18.5.